The van der Waals surface area contributed by atoms with E-state index in [1.807, 2.05) is 4.68 Å². The number of nitrogens with one attached hydrogen (secondary N) is 2. The largest absolute Gasteiger partial charge is 0.489 e. The fraction of sp³-hybridized carbons (Fsp3) is 0.444. The topological polar surface area (TPSA) is 77.4 Å². The van der Waals surface area contributed by atoms with Gasteiger partial charge in [0, 0.05) is 25.9 Å². The number of hydrogen-bond acceptors (Lipinski definition) is 5. The number of halogens is 2. The Morgan fingerprint density at radius 2 is 2.26 bits per heavy atom. The zero-order valence-electron chi connectivity index (χ0n) is 15.1. The van der Waals surface area contributed by atoms with Crippen molar-refractivity contribution in [1.29, 1.82) is 0 Å². The third-order valence-electron chi connectivity index (χ3n) is 4.22. The second-order valence-corrected chi connectivity index (χ2v) is 6.12. The number of carbonyl (C=O) groups excluding carboxylic acids is 1. The number of carbonyl (C=O) groups is 1. The third kappa shape index (κ3) is 5.66. The monoisotopic (exact) mass is 398 g/mol. The van der Waals surface area contributed by atoms with Crippen molar-refractivity contribution >= 4 is 24.0 Å². The average molecular weight is 399 g/mol. The molecule has 1 amide bonds. The molecule has 1 atom stereocenters. The summed E-state index contributed by atoms with van der Waals surface area (Å²) in [7, 11) is 1.56. The van der Waals surface area contributed by atoms with Crippen molar-refractivity contribution < 1.29 is 18.7 Å². The highest BCUT2D eigenvalue weighted by Gasteiger charge is 2.18. The number of ether oxygens (including phenoxy) is 2. The van der Waals surface area contributed by atoms with Gasteiger partial charge in [0.25, 0.3) is 5.91 Å². The Labute approximate surface area is 163 Å². The van der Waals surface area contributed by atoms with Gasteiger partial charge in [-0.15, -0.1) is 12.4 Å². The quantitative estimate of drug-likeness (QED) is 0.701. The van der Waals surface area contributed by atoms with Gasteiger partial charge in [-0.3, -0.25) is 9.48 Å². The lowest BCUT2D eigenvalue weighted by atomic mass is 10.1. The highest BCUT2D eigenvalue weighted by molar-refractivity contribution is 6.03. The lowest BCUT2D eigenvalue weighted by Gasteiger charge is -2.22. The van der Waals surface area contributed by atoms with Crippen molar-refractivity contribution in [2.45, 2.75) is 18.9 Å². The molecular formula is C18H24ClFN4O3. The standard InChI is InChI=1S/C18H23FN4O3.ClH/c1-25-9-10-26-17-5-4-13(19)11-16(17)21-18(24)15-6-8-23(22-15)14-3-2-7-20-12-14;/h4-6,8,11,14,20H,2-3,7,9-10,12H2,1H3,(H,21,24);1H. The van der Waals surface area contributed by atoms with E-state index in [9.17, 15) is 9.18 Å². The summed E-state index contributed by atoms with van der Waals surface area (Å²) in [5, 5.41) is 10.4. The van der Waals surface area contributed by atoms with Gasteiger partial charge in [0.15, 0.2) is 5.69 Å². The molecule has 1 aliphatic rings. The van der Waals surface area contributed by atoms with Crippen molar-refractivity contribution in [3.8, 4) is 5.75 Å². The smallest absolute Gasteiger partial charge is 0.276 e. The lowest BCUT2D eigenvalue weighted by molar-refractivity contribution is 0.102. The van der Waals surface area contributed by atoms with Crippen LogP contribution in [0.25, 0.3) is 0 Å². The first-order valence-electron chi connectivity index (χ1n) is 8.66. The molecule has 2 aromatic rings. The van der Waals surface area contributed by atoms with Gasteiger partial charge < -0.3 is 20.1 Å². The number of rotatable bonds is 7. The number of aromatic nitrogens is 2. The first kappa shape index (κ1) is 21.1. The van der Waals surface area contributed by atoms with Crippen LogP contribution in [0.4, 0.5) is 10.1 Å². The van der Waals surface area contributed by atoms with Crippen LogP contribution in [0.1, 0.15) is 29.4 Å². The Morgan fingerprint density at radius 3 is 3.00 bits per heavy atom. The summed E-state index contributed by atoms with van der Waals surface area (Å²) < 4.78 is 25.8. The molecule has 1 aromatic carbocycles. The van der Waals surface area contributed by atoms with Crippen LogP contribution in [-0.4, -0.2) is 49.1 Å². The van der Waals surface area contributed by atoms with Crippen molar-refractivity contribution in [1.82, 2.24) is 15.1 Å². The molecule has 1 aliphatic heterocycles. The van der Waals surface area contributed by atoms with Gasteiger partial charge in [0.1, 0.15) is 18.2 Å². The fourth-order valence-electron chi connectivity index (χ4n) is 2.87. The van der Waals surface area contributed by atoms with Crippen LogP contribution in [0.2, 0.25) is 0 Å². The zero-order chi connectivity index (χ0) is 18.4. The Morgan fingerprint density at radius 1 is 1.41 bits per heavy atom. The summed E-state index contributed by atoms with van der Waals surface area (Å²) in [6, 6.07) is 5.89. The molecule has 3 rings (SSSR count). The van der Waals surface area contributed by atoms with E-state index in [1.54, 1.807) is 19.4 Å². The maximum absolute atomic E-state index is 13.6. The third-order valence-corrected chi connectivity index (χ3v) is 4.22. The van der Waals surface area contributed by atoms with Gasteiger partial charge in [0.05, 0.1) is 18.3 Å². The minimum Gasteiger partial charge on any atom is -0.489 e. The van der Waals surface area contributed by atoms with Crippen LogP contribution in [0.5, 0.6) is 5.75 Å². The molecule has 2 heterocycles. The first-order chi connectivity index (χ1) is 12.7. The molecule has 1 aromatic heterocycles. The number of benzene rings is 1. The molecular weight excluding hydrogens is 375 g/mol. The van der Waals surface area contributed by atoms with Crippen molar-refractivity contribution in [3.63, 3.8) is 0 Å². The van der Waals surface area contributed by atoms with Gasteiger partial charge in [-0.25, -0.2) is 4.39 Å². The lowest BCUT2D eigenvalue weighted by Crippen LogP contribution is -2.32. The van der Waals surface area contributed by atoms with E-state index >= 15 is 0 Å². The summed E-state index contributed by atoms with van der Waals surface area (Å²) >= 11 is 0. The number of piperidine rings is 1. The van der Waals surface area contributed by atoms with E-state index < -0.39 is 11.7 Å². The van der Waals surface area contributed by atoms with E-state index in [0.29, 0.717) is 19.0 Å². The summed E-state index contributed by atoms with van der Waals surface area (Å²) in [5.41, 5.74) is 0.544. The average Bonchev–Trinajstić information content (AvgIpc) is 3.15. The number of anilines is 1. The van der Waals surface area contributed by atoms with Crippen LogP contribution in [0.3, 0.4) is 0 Å². The second-order valence-electron chi connectivity index (χ2n) is 6.12. The van der Waals surface area contributed by atoms with E-state index in [2.05, 4.69) is 15.7 Å². The molecule has 148 valence electrons. The number of amides is 1. The Bertz CT molecular complexity index is 750. The van der Waals surface area contributed by atoms with E-state index in [4.69, 9.17) is 9.47 Å². The van der Waals surface area contributed by atoms with Crippen LogP contribution in [0, 0.1) is 5.82 Å². The fourth-order valence-corrected chi connectivity index (χ4v) is 2.87. The van der Waals surface area contributed by atoms with E-state index in [-0.39, 0.29) is 29.8 Å². The number of nitrogens with zero attached hydrogens (tertiary/aromatic N) is 2. The molecule has 27 heavy (non-hydrogen) atoms. The molecule has 0 saturated carbocycles. The molecule has 2 N–H and O–H groups in total. The number of methoxy groups -OCH3 is 1. The van der Waals surface area contributed by atoms with E-state index in [1.165, 1.54) is 18.2 Å². The maximum Gasteiger partial charge on any atom is 0.276 e. The SMILES string of the molecule is COCCOc1ccc(F)cc1NC(=O)c1ccn(C2CCCNC2)n1.Cl. The van der Waals surface area contributed by atoms with Crippen LogP contribution in [0.15, 0.2) is 30.5 Å². The van der Waals surface area contributed by atoms with Crippen molar-refractivity contribution in [3.05, 3.63) is 42.0 Å². The molecule has 0 aliphatic carbocycles. The van der Waals surface area contributed by atoms with Crippen LogP contribution < -0.4 is 15.4 Å². The summed E-state index contributed by atoms with van der Waals surface area (Å²) in [5.74, 6) is -0.486. The molecule has 0 radical (unpaired) electrons. The predicted molar refractivity (Wildman–Crippen MR) is 102 cm³/mol. The molecule has 7 nitrogen and oxygen atoms in total. The highest BCUT2D eigenvalue weighted by atomic mass is 35.5. The van der Waals surface area contributed by atoms with Crippen molar-refractivity contribution in [2.24, 2.45) is 0 Å². The molecule has 9 heteroatoms. The molecule has 1 saturated heterocycles. The van der Waals surface area contributed by atoms with Gasteiger partial charge in [-0.05, 0) is 37.6 Å². The van der Waals surface area contributed by atoms with Crippen molar-refractivity contribution in [2.75, 3.05) is 38.7 Å². The normalized spacial score (nSPS) is 16.4. The highest BCUT2D eigenvalue weighted by Crippen LogP contribution is 2.26. The van der Waals surface area contributed by atoms with Gasteiger partial charge in [-0.1, -0.05) is 0 Å². The summed E-state index contributed by atoms with van der Waals surface area (Å²) in [4.78, 5) is 12.5. The predicted octanol–water partition coefficient (Wildman–Crippen LogP) is 2.65. The van der Waals surface area contributed by atoms with Gasteiger partial charge >= 0.3 is 0 Å². The Balaban J connectivity index is 0.00000261. The minimum atomic E-state index is -0.460. The maximum atomic E-state index is 13.6. The van der Waals surface area contributed by atoms with Crippen LogP contribution >= 0.6 is 12.4 Å². The molecule has 0 spiro atoms. The minimum absolute atomic E-state index is 0. The second kappa shape index (κ2) is 10.2. The Kier molecular flexibility index (Phi) is 8.02. The van der Waals surface area contributed by atoms with Gasteiger partial charge in [0.2, 0.25) is 0 Å². The summed E-state index contributed by atoms with van der Waals surface area (Å²) in [6.07, 6.45) is 3.91. The summed E-state index contributed by atoms with van der Waals surface area (Å²) in [6.45, 7) is 2.54. The van der Waals surface area contributed by atoms with E-state index in [0.717, 1.165) is 25.9 Å². The molecule has 1 unspecified atom stereocenters. The Hall–Kier alpha value is -2.16. The zero-order valence-corrected chi connectivity index (χ0v) is 15.9. The number of hydrogen-bond donors (Lipinski definition) is 2. The first-order valence-corrected chi connectivity index (χ1v) is 8.66. The van der Waals surface area contributed by atoms with Gasteiger partial charge in [-0.2, -0.15) is 5.10 Å². The molecule has 1 fully saturated rings. The van der Waals surface area contributed by atoms with Crippen LogP contribution in [-0.2, 0) is 4.74 Å². The molecule has 0 bridgehead atoms.